The second-order valence-electron chi connectivity index (χ2n) is 7.08. The van der Waals surface area contributed by atoms with Crippen molar-refractivity contribution >= 4 is 35.0 Å². The lowest BCUT2D eigenvalue weighted by molar-refractivity contribution is 0.0519. The van der Waals surface area contributed by atoms with Gasteiger partial charge in [-0.25, -0.2) is 9.18 Å². The standard InChI is InChI=1S/C17H23Cl2FN2O2/c1-17(2,3)24-16(23)21-9-10-5-4-6-14(10)22-11-7-12(18)15(20)13(19)8-11/h7-8,10,14,22H,4-6,9H2,1-3H3,(H,21,23). The van der Waals surface area contributed by atoms with Crippen LogP contribution in [0.3, 0.4) is 0 Å². The zero-order valence-corrected chi connectivity index (χ0v) is 15.6. The van der Waals surface area contributed by atoms with E-state index < -0.39 is 17.5 Å². The number of benzene rings is 1. The fourth-order valence-electron chi connectivity index (χ4n) is 2.85. The number of carbonyl (C=O) groups excluding carboxylic acids is 1. The van der Waals surface area contributed by atoms with E-state index in [2.05, 4.69) is 10.6 Å². The lowest BCUT2D eigenvalue weighted by Crippen LogP contribution is -2.38. The third-order valence-corrected chi connectivity index (χ3v) is 4.45. The number of alkyl carbamates (subject to hydrolysis) is 1. The van der Waals surface area contributed by atoms with Crippen LogP contribution in [0.5, 0.6) is 0 Å². The van der Waals surface area contributed by atoms with Crippen molar-refractivity contribution in [3.05, 3.63) is 28.0 Å². The quantitative estimate of drug-likeness (QED) is 0.706. The molecule has 1 fully saturated rings. The maximum absolute atomic E-state index is 13.5. The Labute approximate surface area is 152 Å². The zero-order chi connectivity index (χ0) is 17.9. The summed E-state index contributed by atoms with van der Waals surface area (Å²) in [6, 6.07) is 3.22. The summed E-state index contributed by atoms with van der Waals surface area (Å²) in [6.07, 6.45) is 2.60. The highest BCUT2D eigenvalue weighted by atomic mass is 35.5. The van der Waals surface area contributed by atoms with E-state index in [0.29, 0.717) is 12.2 Å². The van der Waals surface area contributed by atoms with Gasteiger partial charge in [-0.2, -0.15) is 0 Å². The molecule has 1 saturated carbocycles. The Kier molecular flexibility index (Phi) is 6.21. The number of hydrogen-bond acceptors (Lipinski definition) is 3. The lowest BCUT2D eigenvalue weighted by Gasteiger charge is -2.24. The van der Waals surface area contributed by atoms with Gasteiger partial charge in [-0.05, 0) is 51.7 Å². The fourth-order valence-corrected chi connectivity index (χ4v) is 3.34. The lowest BCUT2D eigenvalue weighted by atomic mass is 10.0. The van der Waals surface area contributed by atoms with Gasteiger partial charge in [-0.3, -0.25) is 0 Å². The van der Waals surface area contributed by atoms with Crippen LogP contribution >= 0.6 is 23.2 Å². The molecule has 2 rings (SSSR count). The highest BCUT2D eigenvalue weighted by molar-refractivity contribution is 6.35. The molecular weight excluding hydrogens is 354 g/mol. The number of amides is 1. The number of rotatable bonds is 4. The minimum Gasteiger partial charge on any atom is -0.444 e. The van der Waals surface area contributed by atoms with Crippen LogP contribution in [-0.4, -0.2) is 24.3 Å². The number of nitrogens with one attached hydrogen (secondary N) is 2. The van der Waals surface area contributed by atoms with Crippen LogP contribution in [0.1, 0.15) is 40.0 Å². The molecule has 0 aliphatic heterocycles. The van der Waals surface area contributed by atoms with Crippen molar-refractivity contribution in [1.82, 2.24) is 5.32 Å². The SMILES string of the molecule is CC(C)(C)OC(=O)NCC1CCCC1Nc1cc(Cl)c(F)c(Cl)c1. The number of carbonyl (C=O) groups is 1. The number of hydrogen-bond donors (Lipinski definition) is 2. The number of halogens is 3. The summed E-state index contributed by atoms with van der Waals surface area (Å²) in [5.74, 6) is -0.349. The van der Waals surface area contributed by atoms with Crippen LogP contribution in [-0.2, 0) is 4.74 Å². The topological polar surface area (TPSA) is 50.4 Å². The van der Waals surface area contributed by atoms with E-state index in [1.54, 1.807) is 0 Å². The molecule has 2 unspecified atom stereocenters. The molecule has 0 saturated heterocycles. The van der Waals surface area contributed by atoms with Gasteiger partial charge in [-0.15, -0.1) is 0 Å². The molecule has 7 heteroatoms. The van der Waals surface area contributed by atoms with Gasteiger partial charge in [0, 0.05) is 18.3 Å². The van der Waals surface area contributed by atoms with Gasteiger partial charge in [-0.1, -0.05) is 29.6 Å². The van der Waals surface area contributed by atoms with Crippen LogP contribution in [0.25, 0.3) is 0 Å². The van der Waals surface area contributed by atoms with Gasteiger partial charge in [0.05, 0.1) is 10.0 Å². The van der Waals surface area contributed by atoms with Crippen molar-refractivity contribution in [3.63, 3.8) is 0 Å². The summed E-state index contributed by atoms with van der Waals surface area (Å²) in [4.78, 5) is 11.8. The molecule has 4 nitrogen and oxygen atoms in total. The molecule has 0 radical (unpaired) electrons. The highest BCUT2D eigenvalue weighted by Crippen LogP contribution is 2.32. The van der Waals surface area contributed by atoms with E-state index in [0.717, 1.165) is 19.3 Å². The van der Waals surface area contributed by atoms with E-state index in [1.807, 2.05) is 20.8 Å². The Hall–Kier alpha value is -1.20. The van der Waals surface area contributed by atoms with Crippen molar-refractivity contribution in [2.24, 2.45) is 5.92 Å². The first kappa shape index (κ1) is 19.1. The molecule has 1 aromatic rings. The molecule has 2 N–H and O–H groups in total. The van der Waals surface area contributed by atoms with Crippen LogP contribution in [0.4, 0.5) is 14.9 Å². The fraction of sp³-hybridized carbons (Fsp3) is 0.588. The van der Waals surface area contributed by atoms with Crippen LogP contribution in [0.2, 0.25) is 10.0 Å². The molecular formula is C17H23Cl2FN2O2. The molecule has 1 amide bonds. The molecule has 0 bridgehead atoms. The molecule has 1 aromatic carbocycles. The van der Waals surface area contributed by atoms with Crippen molar-refractivity contribution in [2.45, 2.75) is 51.7 Å². The highest BCUT2D eigenvalue weighted by Gasteiger charge is 2.28. The normalized spacial score (nSPS) is 20.8. The number of ether oxygens (including phenoxy) is 1. The Bertz CT molecular complexity index is 582. The Morgan fingerprint density at radius 2 is 1.92 bits per heavy atom. The molecule has 134 valence electrons. The van der Waals surface area contributed by atoms with Gasteiger partial charge in [0.25, 0.3) is 0 Å². The Morgan fingerprint density at radius 3 is 2.50 bits per heavy atom. The first-order valence-corrected chi connectivity index (χ1v) is 8.79. The van der Waals surface area contributed by atoms with E-state index >= 15 is 0 Å². The minimum atomic E-state index is -0.613. The van der Waals surface area contributed by atoms with E-state index in [1.165, 1.54) is 12.1 Å². The van der Waals surface area contributed by atoms with E-state index in [-0.39, 0.29) is 22.0 Å². The molecule has 1 aliphatic rings. The van der Waals surface area contributed by atoms with Crippen molar-refractivity contribution in [1.29, 1.82) is 0 Å². The molecule has 2 atom stereocenters. The monoisotopic (exact) mass is 376 g/mol. The van der Waals surface area contributed by atoms with Gasteiger partial charge in [0.1, 0.15) is 5.60 Å². The summed E-state index contributed by atoms with van der Waals surface area (Å²) in [5.41, 5.74) is 0.166. The second-order valence-corrected chi connectivity index (χ2v) is 7.89. The Balaban J connectivity index is 1.92. The average Bonchev–Trinajstić information content (AvgIpc) is 2.88. The minimum absolute atomic E-state index is 0.00794. The second kappa shape index (κ2) is 7.79. The maximum Gasteiger partial charge on any atom is 0.407 e. The van der Waals surface area contributed by atoms with Gasteiger partial charge >= 0.3 is 6.09 Å². The molecule has 0 aromatic heterocycles. The van der Waals surface area contributed by atoms with Gasteiger partial charge in [0.2, 0.25) is 0 Å². The summed E-state index contributed by atoms with van der Waals surface area (Å²) in [6.45, 7) is 6.01. The van der Waals surface area contributed by atoms with Crippen LogP contribution in [0, 0.1) is 11.7 Å². The first-order valence-electron chi connectivity index (χ1n) is 8.03. The summed E-state index contributed by atoms with van der Waals surface area (Å²) < 4.78 is 18.7. The summed E-state index contributed by atoms with van der Waals surface area (Å²) in [7, 11) is 0. The predicted molar refractivity (Wildman–Crippen MR) is 95.4 cm³/mol. The van der Waals surface area contributed by atoms with Gasteiger partial charge in [0.15, 0.2) is 5.82 Å². The Morgan fingerprint density at radius 1 is 1.29 bits per heavy atom. The molecule has 1 aliphatic carbocycles. The van der Waals surface area contributed by atoms with Crippen molar-refractivity contribution in [2.75, 3.05) is 11.9 Å². The average molecular weight is 377 g/mol. The largest absolute Gasteiger partial charge is 0.444 e. The van der Waals surface area contributed by atoms with Gasteiger partial charge < -0.3 is 15.4 Å². The molecule has 24 heavy (non-hydrogen) atoms. The summed E-state index contributed by atoms with van der Waals surface area (Å²) in [5, 5.41) is 6.14. The van der Waals surface area contributed by atoms with Crippen molar-refractivity contribution < 1.29 is 13.9 Å². The smallest absolute Gasteiger partial charge is 0.407 e. The third kappa shape index (κ3) is 5.42. The summed E-state index contributed by atoms with van der Waals surface area (Å²) >= 11 is 11.7. The molecule has 0 spiro atoms. The van der Waals surface area contributed by atoms with Crippen LogP contribution in [0.15, 0.2) is 12.1 Å². The predicted octanol–water partition coefficient (Wildman–Crippen LogP) is 5.24. The molecule has 0 heterocycles. The third-order valence-electron chi connectivity index (χ3n) is 3.90. The number of anilines is 1. The first-order chi connectivity index (χ1) is 11.2. The van der Waals surface area contributed by atoms with Crippen molar-refractivity contribution in [3.8, 4) is 0 Å². The zero-order valence-electron chi connectivity index (χ0n) is 14.1. The van der Waals surface area contributed by atoms with E-state index in [9.17, 15) is 9.18 Å². The maximum atomic E-state index is 13.5. The van der Waals surface area contributed by atoms with E-state index in [4.69, 9.17) is 27.9 Å². The van der Waals surface area contributed by atoms with Crippen LogP contribution < -0.4 is 10.6 Å².